The van der Waals surface area contributed by atoms with Gasteiger partial charge in [0.2, 0.25) is 5.13 Å². The van der Waals surface area contributed by atoms with E-state index in [1.165, 1.54) is 0 Å². The van der Waals surface area contributed by atoms with Crippen molar-refractivity contribution in [2.24, 2.45) is 5.92 Å². The van der Waals surface area contributed by atoms with Crippen molar-refractivity contribution in [2.75, 3.05) is 24.2 Å². The van der Waals surface area contributed by atoms with E-state index in [1.54, 1.807) is 35.2 Å². The van der Waals surface area contributed by atoms with Gasteiger partial charge in [0.25, 0.3) is 0 Å². The lowest BCUT2D eigenvalue weighted by molar-refractivity contribution is 0.344. The quantitative estimate of drug-likeness (QED) is 0.587. The molecule has 5 nitrogen and oxygen atoms in total. The van der Waals surface area contributed by atoms with Crippen molar-refractivity contribution in [3.05, 3.63) is 29.8 Å². The SMILES string of the molecule is CC(C)CNc1nnc(SCCOc2cccc(C#N)c2)s1. The van der Waals surface area contributed by atoms with Crippen molar-refractivity contribution in [2.45, 2.75) is 18.2 Å². The maximum atomic E-state index is 8.83. The molecule has 0 atom stereocenters. The fraction of sp³-hybridized carbons (Fsp3) is 0.400. The van der Waals surface area contributed by atoms with Crippen LogP contribution in [0, 0.1) is 17.2 Å². The molecule has 0 bridgehead atoms. The van der Waals surface area contributed by atoms with Crippen molar-refractivity contribution in [1.82, 2.24) is 10.2 Å². The lowest BCUT2D eigenvalue weighted by Gasteiger charge is -2.05. The average molecular weight is 334 g/mol. The number of aromatic nitrogens is 2. The van der Waals surface area contributed by atoms with Gasteiger partial charge in [0.15, 0.2) is 4.34 Å². The number of benzene rings is 1. The number of nitriles is 1. The van der Waals surface area contributed by atoms with E-state index >= 15 is 0 Å². The molecule has 1 N–H and O–H groups in total. The van der Waals surface area contributed by atoms with Crippen LogP contribution in [0.2, 0.25) is 0 Å². The van der Waals surface area contributed by atoms with Gasteiger partial charge in [-0.3, -0.25) is 0 Å². The fourth-order valence-corrected chi connectivity index (χ4v) is 3.22. The molecule has 1 aromatic carbocycles. The number of rotatable bonds is 8. The smallest absolute Gasteiger partial charge is 0.206 e. The van der Waals surface area contributed by atoms with Crippen LogP contribution >= 0.6 is 23.1 Å². The molecule has 2 aromatic rings. The van der Waals surface area contributed by atoms with Gasteiger partial charge in [-0.15, -0.1) is 10.2 Å². The zero-order chi connectivity index (χ0) is 15.8. The monoisotopic (exact) mass is 334 g/mol. The maximum Gasteiger partial charge on any atom is 0.206 e. The van der Waals surface area contributed by atoms with E-state index in [0.29, 0.717) is 18.1 Å². The van der Waals surface area contributed by atoms with Crippen LogP contribution in [0.1, 0.15) is 19.4 Å². The second kappa shape index (κ2) is 8.61. The topological polar surface area (TPSA) is 70.8 Å². The third kappa shape index (κ3) is 5.54. The Hall–Kier alpha value is -1.78. The molecule has 0 aliphatic rings. The molecule has 0 amide bonds. The lowest BCUT2D eigenvalue weighted by atomic mass is 10.2. The van der Waals surface area contributed by atoms with Crippen LogP contribution in [-0.4, -0.2) is 29.1 Å². The molecule has 2 rings (SSSR count). The molecule has 0 unspecified atom stereocenters. The average Bonchev–Trinajstić information content (AvgIpc) is 2.98. The second-order valence-electron chi connectivity index (χ2n) is 4.98. The van der Waals surface area contributed by atoms with Crippen LogP contribution in [0.3, 0.4) is 0 Å². The maximum absolute atomic E-state index is 8.83. The number of nitrogens with one attached hydrogen (secondary N) is 1. The van der Waals surface area contributed by atoms with E-state index in [2.05, 4.69) is 35.4 Å². The van der Waals surface area contributed by atoms with Gasteiger partial charge in [-0.05, 0) is 24.1 Å². The number of hydrogen-bond acceptors (Lipinski definition) is 7. The zero-order valence-electron chi connectivity index (χ0n) is 12.6. The van der Waals surface area contributed by atoms with Gasteiger partial charge in [0.1, 0.15) is 5.75 Å². The third-order valence-electron chi connectivity index (χ3n) is 2.61. The Morgan fingerprint density at radius 2 is 2.27 bits per heavy atom. The first-order valence-electron chi connectivity index (χ1n) is 7.00. The molecule has 116 valence electrons. The van der Waals surface area contributed by atoms with E-state index in [-0.39, 0.29) is 0 Å². The summed E-state index contributed by atoms with van der Waals surface area (Å²) in [6.07, 6.45) is 0. The molecule has 0 saturated carbocycles. The van der Waals surface area contributed by atoms with Crippen LogP contribution in [-0.2, 0) is 0 Å². The molecule has 22 heavy (non-hydrogen) atoms. The van der Waals surface area contributed by atoms with Crippen LogP contribution in [0.4, 0.5) is 5.13 Å². The number of ether oxygens (including phenoxy) is 1. The molecule has 0 fully saturated rings. The predicted octanol–water partition coefficient (Wildman–Crippen LogP) is 3.65. The summed E-state index contributed by atoms with van der Waals surface area (Å²) < 4.78 is 6.56. The van der Waals surface area contributed by atoms with Crippen molar-refractivity contribution < 1.29 is 4.74 Å². The van der Waals surface area contributed by atoms with E-state index in [4.69, 9.17) is 10.00 Å². The molecule has 0 radical (unpaired) electrons. The Kier molecular flexibility index (Phi) is 6.49. The van der Waals surface area contributed by atoms with Crippen LogP contribution in [0.15, 0.2) is 28.6 Å². The van der Waals surface area contributed by atoms with Gasteiger partial charge in [0.05, 0.1) is 18.2 Å². The number of hydrogen-bond donors (Lipinski definition) is 1. The third-order valence-corrected chi connectivity index (χ3v) is 4.59. The van der Waals surface area contributed by atoms with Gasteiger partial charge < -0.3 is 10.1 Å². The van der Waals surface area contributed by atoms with Crippen LogP contribution < -0.4 is 10.1 Å². The highest BCUT2D eigenvalue weighted by Crippen LogP contribution is 2.25. The first kappa shape index (κ1) is 16.6. The minimum atomic E-state index is 0.563. The minimum absolute atomic E-state index is 0.563. The summed E-state index contributed by atoms with van der Waals surface area (Å²) >= 11 is 3.18. The summed E-state index contributed by atoms with van der Waals surface area (Å²) in [5.41, 5.74) is 0.607. The highest BCUT2D eigenvalue weighted by molar-refractivity contribution is 8.01. The molecule has 0 saturated heterocycles. The second-order valence-corrected chi connectivity index (χ2v) is 7.30. The molecule has 1 heterocycles. The number of thioether (sulfide) groups is 1. The predicted molar refractivity (Wildman–Crippen MR) is 90.6 cm³/mol. The molecule has 7 heteroatoms. The summed E-state index contributed by atoms with van der Waals surface area (Å²) in [5, 5.41) is 21.2. The Bertz CT molecular complexity index is 636. The Morgan fingerprint density at radius 3 is 3.05 bits per heavy atom. The zero-order valence-corrected chi connectivity index (χ0v) is 14.2. The van der Waals surface area contributed by atoms with Gasteiger partial charge >= 0.3 is 0 Å². The normalized spacial score (nSPS) is 10.5. The summed E-state index contributed by atoms with van der Waals surface area (Å²) in [6, 6.07) is 9.26. The summed E-state index contributed by atoms with van der Waals surface area (Å²) in [5.74, 6) is 2.09. The standard InChI is InChI=1S/C15H18N4OS2/c1-11(2)10-17-14-18-19-15(22-14)21-7-6-20-13-5-3-4-12(8-13)9-16/h3-5,8,11H,6-7,10H2,1-2H3,(H,17,18). The number of anilines is 1. The lowest BCUT2D eigenvalue weighted by Crippen LogP contribution is -2.07. The molecular weight excluding hydrogens is 316 g/mol. The van der Waals surface area contributed by atoms with Gasteiger partial charge in [-0.2, -0.15) is 5.26 Å². The van der Waals surface area contributed by atoms with Gasteiger partial charge in [-0.1, -0.05) is 43.0 Å². The molecule has 0 spiro atoms. The molecular formula is C15H18N4OS2. The minimum Gasteiger partial charge on any atom is -0.493 e. The Morgan fingerprint density at radius 1 is 1.41 bits per heavy atom. The first-order valence-corrected chi connectivity index (χ1v) is 8.80. The highest BCUT2D eigenvalue weighted by Gasteiger charge is 2.05. The van der Waals surface area contributed by atoms with E-state index in [1.807, 2.05) is 12.1 Å². The summed E-state index contributed by atoms with van der Waals surface area (Å²) in [7, 11) is 0. The fourth-order valence-electron chi connectivity index (χ4n) is 1.57. The van der Waals surface area contributed by atoms with Crippen molar-refractivity contribution in [3.8, 4) is 11.8 Å². The van der Waals surface area contributed by atoms with Crippen LogP contribution in [0.5, 0.6) is 5.75 Å². The van der Waals surface area contributed by atoms with E-state index in [0.717, 1.165) is 27.5 Å². The number of nitrogens with zero attached hydrogens (tertiary/aromatic N) is 3. The van der Waals surface area contributed by atoms with E-state index < -0.39 is 0 Å². The van der Waals surface area contributed by atoms with Gasteiger partial charge in [-0.25, -0.2) is 0 Å². The van der Waals surface area contributed by atoms with Crippen LogP contribution in [0.25, 0.3) is 0 Å². The summed E-state index contributed by atoms with van der Waals surface area (Å²) in [6.45, 7) is 5.77. The highest BCUT2D eigenvalue weighted by atomic mass is 32.2. The summed E-state index contributed by atoms with van der Waals surface area (Å²) in [4.78, 5) is 0. The largest absolute Gasteiger partial charge is 0.493 e. The van der Waals surface area contributed by atoms with Crippen molar-refractivity contribution in [3.63, 3.8) is 0 Å². The Balaban J connectivity index is 1.71. The van der Waals surface area contributed by atoms with Crippen molar-refractivity contribution in [1.29, 1.82) is 5.26 Å². The first-order chi connectivity index (χ1) is 10.7. The molecule has 0 aliphatic carbocycles. The van der Waals surface area contributed by atoms with Gasteiger partial charge in [0, 0.05) is 12.3 Å². The Labute approximate surface area is 138 Å². The van der Waals surface area contributed by atoms with Crippen molar-refractivity contribution >= 4 is 28.2 Å². The molecule has 1 aromatic heterocycles. The van der Waals surface area contributed by atoms with E-state index in [9.17, 15) is 0 Å². The molecule has 0 aliphatic heterocycles.